The maximum Gasteiger partial charge on any atom is 0.289 e. The third-order valence-electron chi connectivity index (χ3n) is 5.74. The molecule has 0 radical (unpaired) electrons. The van der Waals surface area contributed by atoms with E-state index in [1.54, 1.807) is 12.3 Å². The fourth-order valence-electron chi connectivity index (χ4n) is 3.88. The maximum absolute atomic E-state index is 12.4. The summed E-state index contributed by atoms with van der Waals surface area (Å²) < 4.78 is 0. The molecule has 4 rings (SSSR count). The number of rotatable bonds is 7. The Bertz CT molecular complexity index is 1110. The van der Waals surface area contributed by atoms with Gasteiger partial charge in [0.15, 0.2) is 0 Å². The minimum absolute atomic E-state index is 0.315. The summed E-state index contributed by atoms with van der Waals surface area (Å²) >= 11 is 6.27. The van der Waals surface area contributed by atoms with E-state index < -0.39 is 0 Å². The topological polar surface area (TPSA) is 69.6 Å². The molecule has 1 aromatic heterocycles. The van der Waals surface area contributed by atoms with E-state index in [1.165, 1.54) is 5.56 Å². The molecule has 0 unspecified atom stereocenters. The number of nitrogens with one attached hydrogen (secondary N) is 2. The van der Waals surface area contributed by atoms with Crippen molar-refractivity contribution in [2.45, 2.75) is 26.3 Å². The van der Waals surface area contributed by atoms with Gasteiger partial charge in [-0.3, -0.25) is 9.69 Å². The summed E-state index contributed by atoms with van der Waals surface area (Å²) in [6, 6.07) is 19.6. The number of carbonyl (C=O) groups excluding carboxylic acids is 1. The molecule has 3 aromatic rings. The van der Waals surface area contributed by atoms with Crippen molar-refractivity contribution < 1.29 is 4.79 Å². The third kappa shape index (κ3) is 6.63. The summed E-state index contributed by atoms with van der Waals surface area (Å²) in [6.07, 6.45) is 5.50. The molecule has 2 aromatic carbocycles. The number of halogens is 1. The number of piperidine rings is 1. The first kappa shape index (κ1) is 23.0. The van der Waals surface area contributed by atoms with Crippen LogP contribution in [0.2, 0.25) is 5.02 Å². The summed E-state index contributed by atoms with van der Waals surface area (Å²) in [7, 11) is 0. The highest BCUT2D eigenvalue weighted by molar-refractivity contribution is 6.31. The molecule has 0 saturated carbocycles. The predicted molar refractivity (Wildman–Crippen MR) is 134 cm³/mol. The Kier molecular flexibility index (Phi) is 7.70. The van der Waals surface area contributed by atoms with Crippen molar-refractivity contribution in [1.82, 2.24) is 15.3 Å². The molecule has 1 fully saturated rings. The van der Waals surface area contributed by atoms with Gasteiger partial charge in [-0.2, -0.15) is 5.10 Å². The number of pyridine rings is 1. The Balaban J connectivity index is 1.22. The number of hydrogen-bond donors (Lipinski definition) is 2. The Morgan fingerprint density at radius 3 is 2.67 bits per heavy atom. The van der Waals surface area contributed by atoms with Crippen LogP contribution in [-0.4, -0.2) is 35.1 Å². The van der Waals surface area contributed by atoms with Crippen LogP contribution in [0.15, 0.2) is 72.0 Å². The molecule has 33 heavy (non-hydrogen) atoms. The first-order valence-electron chi connectivity index (χ1n) is 11.2. The average Bonchev–Trinajstić information content (AvgIpc) is 2.82. The van der Waals surface area contributed by atoms with E-state index >= 15 is 0 Å². The molecule has 6 nitrogen and oxygen atoms in total. The number of amides is 1. The Morgan fingerprint density at radius 2 is 1.94 bits per heavy atom. The van der Waals surface area contributed by atoms with Crippen molar-refractivity contribution in [1.29, 1.82) is 0 Å². The SMILES string of the molecule is Cc1cccc(Nc2ccc(C(=O)NN=CC3CCN(Cc4ccccc4Cl)CC3)nc2)c1. The van der Waals surface area contributed by atoms with Gasteiger partial charge in [0.25, 0.3) is 5.91 Å². The number of nitrogens with zero attached hydrogens (tertiary/aromatic N) is 3. The van der Waals surface area contributed by atoms with E-state index in [4.69, 9.17) is 11.6 Å². The van der Waals surface area contributed by atoms with Crippen LogP contribution in [0.1, 0.15) is 34.5 Å². The zero-order valence-electron chi connectivity index (χ0n) is 18.7. The van der Waals surface area contributed by atoms with Crippen molar-refractivity contribution in [2.24, 2.45) is 11.0 Å². The number of benzene rings is 2. The number of aromatic nitrogens is 1. The molecule has 170 valence electrons. The molecule has 1 amide bonds. The van der Waals surface area contributed by atoms with Crippen molar-refractivity contribution in [3.05, 3.63) is 88.7 Å². The monoisotopic (exact) mass is 461 g/mol. The third-order valence-corrected chi connectivity index (χ3v) is 6.11. The number of aryl methyl sites for hydroxylation is 1. The Hall–Kier alpha value is -3.22. The zero-order chi connectivity index (χ0) is 23.0. The number of hydrogen-bond acceptors (Lipinski definition) is 5. The van der Waals surface area contributed by atoms with Gasteiger partial charge in [-0.05, 0) is 80.2 Å². The standard InChI is InChI=1S/C26H28ClN5O/c1-19-5-4-7-22(15-19)30-23-9-10-25(28-17-23)26(33)31-29-16-20-11-13-32(14-12-20)18-21-6-2-3-8-24(21)27/h2-10,15-17,20,30H,11-14,18H2,1H3,(H,31,33). The summed E-state index contributed by atoms with van der Waals surface area (Å²) in [5, 5.41) is 8.27. The molecular weight excluding hydrogens is 434 g/mol. The van der Waals surface area contributed by atoms with Crippen LogP contribution < -0.4 is 10.7 Å². The lowest BCUT2D eigenvalue weighted by Crippen LogP contribution is -2.34. The normalized spacial score (nSPS) is 15.0. The van der Waals surface area contributed by atoms with Crippen molar-refractivity contribution >= 4 is 35.1 Å². The lowest BCUT2D eigenvalue weighted by Gasteiger charge is -2.30. The van der Waals surface area contributed by atoms with E-state index in [0.717, 1.165) is 54.4 Å². The molecular formula is C26H28ClN5O. The van der Waals surface area contributed by atoms with Gasteiger partial charge in [0, 0.05) is 23.5 Å². The first-order valence-corrected chi connectivity index (χ1v) is 11.5. The summed E-state index contributed by atoms with van der Waals surface area (Å²) in [5.41, 5.74) is 7.07. The highest BCUT2D eigenvalue weighted by Gasteiger charge is 2.18. The fourth-order valence-corrected chi connectivity index (χ4v) is 4.07. The second-order valence-electron chi connectivity index (χ2n) is 8.35. The van der Waals surface area contributed by atoms with Crippen LogP contribution >= 0.6 is 11.6 Å². The van der Waals surface area contributed by atoms with Crippen LogP contribution in [0.3, 0.4) is 0 Å². The van der Waals surface area contributed by atoms with Crippen molar-refractivity contribution in [3.63, 3.8) is 0 Å². The molecule has 1 saturated heterocycles. The van der Waals surface area contributed by atoms with E-state index in [1.807, 2.05) is 55.6 Å². The molecule has 0 bridgehead atoms. The van der Waals surface area contributed by atoms with Crippen LogP contribution in [0.4, 0.5) is 11.4 Å². The van der Waals surface area contributed by atoms with E-state index in [0.29, 0.717) is 11.6 Å². The second-order valence-corrected chi connectivity index (χ2v) is 8.76. The van der Waals surface area contributed by atoms with Gasteiger partial charge >= 0.3 is 0 Å². The molecule has 2 N–H and O–H groups in total. The quantitative estimate of drug-likeness (QED) is 0.364. The molecule has 0 spiro atoms. The molecule has 1 aliphatic heterocycles. The molecule has 7 heteroatoms. The van der Waals surface area contributed by atoms with Crippen LogP contribution in [0.25, 0.3) is 0 Å². The highest BCUT2D eigenvalue weighted by Crippen LogP contribution is 2.21. The average molecular weight is 462 g/mol. The Morgan fingerprint density at radius 1 is 1.12 bits per heavy atom. The minimum atomic E-state index is -0.315. The van der Waals surface area contributed by atoms with Crippen LogP contribution in [0, 0.1) is 12.8 Å². The summed E-state index contributed by atoms with van der Waals surface area (Å²) in [4.78, 5) is 19.0. The number of carbonyl (C=O) groups is 1. The summed E-state index contributed by atoms with van der Waals surface area (Å²) in [5.74, 6) is 0.0335. The van der Waals surface area contributed by atoms with Crippen LogP contribution in [-0.2, 0) is 6.54 Å². The van der Waals surface area contributed by atoms with E-state index in [2.05, 4.69) is 37.9 Å². The van der Waals surface area contributed by atoms with E-state index in [9.17, 15) is 4.79 Å². The predicted octanol–water partition coefficient (Wildman–Crippen LogP) is 5.41. The number of likely N-dealkylation sites (tertiary alicyclic amines) is 1. The number of anilines is 2. The van der Waals surface area contributed by atoms with Gasteiger partial charge in [0.1, 0.15) is 5.69 Å². The van der Waals surface area contributed by atoms with Gasteiger partial charge in [0.2, 0.25) is 0 Å². The molecule has 0 aliphatic carbocycles. The number of hydrazone groups is 1. The van der Waals surface area contributed by atoms with Crippen molar-refractivity contribution in [3.8, 4) is 0 Å². The minimum Gasteiger partial charge on any atom is -0.354 e. The lowest BCUT2D eigenvalue weighted by atomic mass is 9.98. The Labute approximate surface area is 199 Å². The molecule has 2 heterocycles. The smallest absolute Gasteiger partial charge is 0.289 e. The van der Waals surface area contributed by atoms with Gasteiger partial charge < -0.3 is 5.32 Å². The lowest BCUT2D eigenvalue weighted by molar-refractivity contribution is 0.0950. The van der Waals surface area contributed by atoms with E-state index in [-0.39, 0.29) is 5.91 Å². The van der Waals surface area contributed by atoms with Gasteiger partial charge in [-0.15, -0.1) is 0 Å². The first-order chi connectivity index (χ1) is 16.1. The van der Waals surface area contributed by atoms with Crippen LogP contribution in [0.5, 0.6) is 0 Å². The van der Waals surface area contributed by atoms with Gasteiger partial charge in [-0.25, -0.2) is 10.4 Å². The highest BCUT2D eigenvalue weighted by atomic mass is 35.5. The van der Waals surface area contributed by atoms with Gasteiger partial charge in [-0.1, -0.05) is 41.9 Å². The maximum atomic E-state index is 12.4. The molecule has 1 aliphatic rings. The largest absolute Gasteiger partial charge is 0.354 e. The zero-order valence-corrected chi connectivity index (χ0v) is 19.4. The van der Waals surface area contributed by atoms with Gasteiger partial charge in [0.05, 0.1) is 11.9 Å². The second kappa shape index (κ2) is 11.1. The van der Waals surface area contributed by atoms with Crippen molar-refractivity contribution in [2.75, 3.05) is 18.4 Å². The summed E-state index contributed by atoms with van der Waals surface area (Å²) in [6.45, 7) is 4.86. The fraction of sp³-hybridized carbons (Fsp3) is 0.269. The molecule has 0 atom stereocenters.